The number of halogens is 2. The minimum atomic E-state index is -0.681. The van der Waals surface area contributed by atoms with Crippen molar-refractivity contribution in [3.05, 3.63) is 53.0 Å². The third kappa shape index (κ3) is 2.58. The first-order valence-corrected chi connectivity index (χ1v) is 5.12. The summed E-state index contributed by atoms with van der Waals surface area (Å²) in [5.41, 5.74) is 0.885. The van der Waals surface area contributed by atoms with Crippen molar-refractivity contribution in [2.45, 2.75) is 13.8 Å². The Morgan fingerprint density at radius 2 is 1.94 bits per heavy atom. The average molecular weight is 235 g/mol. The van der Waals surface area contributed by atoms with E-state index in [2.05, 4.69) is 4.99 Å². The fourth-order valence-corrected chi connectivity index (χ4v) is 1.50. The van der Waals surface area contributed by atoms with Crippen LogP contribution in [0.2, 0.25) is 0 Å². The maximum Gasteiger partial charge on any atom is 0.151 e. The zero-order chi connectivity index (χ0) is 12.4. The van der Waals surface area contributed by atoms with E-state index in [1.807, 2.05) is 6.92 Å². The molecule has 0 spiro atoms. The standard InChI is InChI=1S/C13H11F2NO/c1-8-5-10(9(2)17-8)7-16-13-4-3-11(14)6-12(13)15/h3-7H,1-2H3. The van der Waals surface area contributed by atoms with E-state index in [0.29, 0.717) is 5.76 Å². The van der Waals surface area contributed by atoms with E-state index < -0.39 is 11.6 Å². The minimum absolute atomic E-state index is 0.102. The molecule has 1 aromatic heterocycles. The number of rotatable bonds is 2. The molecule has 2 rings (SSSR count). The Hall–Kier alpha value is -1.97. The third-order valence-corrected chi connectivity index (χ3v) is 2.33. The van der Waals surface area contributed by atoms with Crippen molar-refractivity contribution < 1.29 is 13.2 Å². The maximum atomic E-state index is 13.3. The number of aryl methyl sites for hydroxylation is 2. The molecule has 4 heteroatoms. The third-order valence-electron chi connectivity index (χ3n) is 2.33. The van der Waals surface area contributed by atoms with Gasteiger partial charge in [0.15, 0.2) is 5.82 Å². The van der Waals surface area contributed by atoms with Gasteiger partial charge in [-0.3, -0.25) is 4.99 Å². The maximum absolute atomic E-state index is 13.3. The highest BCUT2D eigenvalue weighted by Crippen LogP contribution is 2.19. The average Bonchev–Trinajstić information content (AvgIpc) is 2.56. The van der Waals surface area contributed by atoms with Crippen molar-refractivity contribution in [2.24, 2.45) is 4.99 Å². The molecule has 17 heavy (non-hydrogen) atoms. The molecule has 0 fully saturated rings. The van der Waals surface area contributed by atoms with Gasteiger partial charge in [-0.05, 0) is 32.0 Å². The predicted octanol–water partition coefficient (Wildman–Crippen LogP) is 3.93. The zero-order valence-electron chi connectivity index (χ0n) is 9.50. The van der Waals surface area contributed by atoms with Crippen LogP contribution >= 0.6 is 0 Å². The number of hydrogen-bond acceptors (Lipinski definition) is 2. The number of hydrogen-bond donors (Lipinski definition) is 0. The molecule has 0 unspecified atom stereocenters. The molecule has 1 aromatic carbocycles. The molecule has 2 nitrogen and oxygen atoms in total. The van der Waals surface area contributed by atoms with Gasteiger partial charge >= 0.3 is 0 Å². The van der Waals surface area contributed by atoms with Crippen LogP contribution in [0.3, 0.4) is 0 Å². The fourth-order valence-electron chi connectivity index (χ4n) is 1.50. The molecule has 0 radical (unpaired) electrons. The predicted molar refractivity (Wildman–Crippen MR) is 61.8 cm³/mol. The number of benzene rings is 1. The highest BCUT2D eigenvalue weighted by molar-refractivity contribution is 5.83. The molecule has 2 aromatic rings. The minimum Gasteiger partial charge on any atom is -0.466 e. The molecule has 0 aliphatic carbocycles. The highest BCUT2D eigenvalue weighted by Gasteiger charge is 2.04. The monoisotopic (exact) mass is 235 g/mol. The van der Waals surface area contributed by atoms with Gasteiger partial charge < -0.3 is 4.42 Å². The second-order valence-electron chi connectivity index (χ2n) is 3.72. The van der Waals surface area contributed by atoms with Crippen LogP contribution in [0.5, 0.6) is 0 Å². The van der Waals surface area contributed by atoms with Crippen molar-refractivity contribution in [3.63, 3.8) is 0 Å². The second kappa shape index (κ2) is 4.49. The smallest absolute Gasteiger partial charge is 0.151 e. The lowest BCUT2D eigenvalue weighted by atomic mass is 10.2. The van der Waals surface area contributed by atoms with Gasteiger partial charge in [-0.15, -0.1) is 0 Å². The van der Waals surface area contributed by atoms with E-state index in [-0.39, 0.29) is 5.69 Å². The van der Waals surface area contributed by atoms with Crippen molar-refractivity contribution in [2.75, 3.05) is 0 Å². The molecule has 0 bridgehead atoms. The van der Waals surface area contributed by atoms with Crippen molar-refractivity contribution in [1.29, 1.82) is 0 Å². The summed E-state index contributed by atoms with van der Waals surface area (Å²) in [6.45, 7) is 3.62. The largest absolute Gasteiger partial charge is 0.466 e. The van der Waals surface area contributed by atoms with Gasteiger partial charge in [0, 0.05) is 17.8 Å². The number of furan rings is 1. The van der Waals surface area contributed by atoms with E-state index in [9.17, 15) is 8.78 Å². The summed E-state index contributed by atoms with van der Waals surface area (Å²) < 4.78 is 31.3. The SMILES string of the molecule is Cc1cc(C=Nc2ccc(F)cc2F)c(C)o1. The van der Waals surface area contributed by atoms with Crippen LogP contribution < -0.4 is 0 Å². The van der Waals surface area contributed by atoms with Gasteiger partial charge in [-0.25, -0.2) is 8.78 Å². The summed E-state index contributed by atoms with van der Waals surface area (Å²) in [6, 6.07) is 5.08. The molecular weight excluding hydrogens is 224 g/mol. The number of nitrogens with zero attached hydrogens (tertiary/aromatic N) is 1. The summed E-state index contributed by atoms with van der Waals surface area (Å²) in [4.78, 5) is 3.96. The summed E-state index contributed by atoms with van der Waals surface area (Å²) in [5, 5.41) is 0. The highest BCUT2D eigenvalue weighted by atomic mass is 19.1. The van der Waals surface area contributed by atoms with Gasteiger partial charge in [0.25, 0.3) is 0 Å². The lowest BCUT2D eigenvalue weighted by Gasteiger charge is -1.95. The van der Waals surface area contributed by atoms with E-state index in [1.165, 1.54) is 18.3 Å². The van der Waals surface area contributed by atoms with Crippen LogP contribution in [0.4, 0.5) is 14.5 Å². The lowest BCUT2D eigenvalue weighted by molar-refractivity contribution is 0.504. The molecule has 1 heterocycles. The molecule has 0 N–H and O–H groups in total. The van der Waals surface area contributed by atoms with E-state index in [0.717, 1.165) is 17.4 Å². The molecule has 0 aliphatic heterocycles. The Labute approximate surface area is 97.6 Å². The van der Waals surface area contributed by atoms with Crippen LogP contribution in [0.1, 0.15) is 17.1 Å². The van der Waals surface area contributed by atoms with Crippen LogP contribution in [-0.2, 0) is 0 Å². The van der Waals surface area contributed by atoms with Gasteiger partial charge in [-0.1, -0.05) is 0 Å². The summed E-state index contributed by atoms with van der Waals surface area (Å²) >= 11 is 0. The molecule has 0 saturated carbocycles. The van der Waals surface area contributed by atoms with Crippen LogP contribution in [0.25, 0.3) is 0 Å². The molecule has 0 amide bonds. The molecule has 0 aliphatic rings. The van der Waals surface area contributed by atoms with Crippen LogP contribution in [0.15, 0.2) is 33.7 Å². The summed E-state index contributed by atoms with van der Waals surface area (Å²) in [5.74, 6) is 0.188. The fraction of sp³-hybridized carbons (Fsp3) is 0.154. The topological polar surface area (TPSA) is 25.5 Å². The Balaban J connectivity index is 2.29. The first-order valence-electron chi connectivity index (χ1n) is 5.12. The first-order chi connectivity index (χ1) is 8.06. The van der Waals surface area contributed by atoms with E-state index in [1.54, 1.807) is 13.0 Å². The molecule has 0 saturated heterocycles. The Bertz CT molecular complexity index is 573. The Morgan fingerprint density at radius 1 is 1.18 bits per heavy atom. The second-order valence-corrected chi connectivity index (χ2v) is 3.72. The quantitative estimate of drug-likeness (QED) is 0.724. The number of aliphatic imine (C=N–C) groups is 1. The molecule has 88 valence electrons. The molecule has 0 atom stereocenters. The van der Waals surface area contributed by atoms with Crippen molar-refractivity contribution >= 4 is 11.9 Å². The van der Waals surface area contributed by atoms with Gasteiger partial charge in [0.1, 0.15) is 17.3 Å². The van der Waals surface area contributed by atoms with Gasteiger partial charge in [-0.2, -0.15) is 0 Å². The Morgan fingerprint density at radius 3 is 2.53 bits per heavy atom. The zero-order valence-corrected chi connectivity index (χ0v) is 9.50. The summed E-state index contributed by atoms with van der Waals surface area (Å²) in [6.07, 6.45) is 1.50. The van der Waals surface area contributed by atoms with E-state index >= 15 is 0 Å². The first kappa shape index (κ1) is 11.5. The normalized spacial score (nSPS) is 11.3. The lowest BCUT2D eigenvalue weighted by Crippen LogP contribution is -1.82. The van der Waals surface area contributed by atoms with Gasteiger partial charge in [0.05, 0.1) is 5.69 Å². The Kier molecular flexibility index (Phi) is 3.04. The summed E-state index contributed by atoms with van der Waals surface area (Å²) in [7, 11) is 0. The van der Waals surface area contributed by atoms with Gasteiger partial charge in [0.2, 0.25) is 0 Å². The van der Waals surface area contributed by atoms with Crippen LogP contribution in [0, 0.1) is 25.5 Å². The van der Waals surface area contributed by atoms with E-state index in [4.69, 9.17) is 4.42 Å². The molecular formula is C13H11F2NO. The van der Waals surface area contributed by atoms with Crippen molar-refractivity contribution in [3.8, 4) is 0 Å². The van der Waals surface area contributed by atoms with Crippen LogP contribution in [-0.4, -0.2) is 6.21 Å². The van der Waals surface area contributed by atoms with Crippen molar-refractivity contribution in [1.82, 2.24) is 0 Å².